The van der Waals surface area contributed by atoms with Gasteiger partial charge in [-0.05, 0) is 36.8 Å². The van der Waals surface area contributed by atoms with E-state index in [9.17, 15) is 4.79 Å². The molecule has 0 bridgehead atoms. The number of hydrogen-bond acceptors (Lipinski definition) is 3. The number of nitrogen functional groups attached to an aromatic ring is 1. The number of carbonyl (C=O) groups is 1. The Balaban J connectivity index is 1.90. The Morgan fingerprint density at radius 3 is 2.75 bits per heavy atom. The third kappa shape index (κ3) is 2.23. The molecule has 0 unspecified atom stereocenters. The lowest BCUT2D eigenvalue weighted by atomic mass is 10.2. The van der Waals surface area contributed by atoms with Crippen LogP contribution in [0.5, 0.6) is 0 Å². The van der Waals surface area contributed by atoms with E-state index in [0.29, 0.717) is 17.0 Å². The Bertz CT molecular complexity index is 757. The van der Waals surface area contributed by atoms with Gasteiger partial charge in [-0.1, -0.05) is 24.3 Å². The first-order valence-electron chi connectivity index (χ1n) is 6.29. The highest BCUT2D eigenvalue weighted by molar-refractivity contribution is 6.05. The number of para-hydroxylation sites is 1. The van der Waals surface area contributed by atoms with Crippen molar-refractivity contribution in [3.8, 4) is 0 Å². The van der Waals surface area contributed by atoms with Crippen LogP contribution < -0.4 is 11.1 Å². The standard InChI is InChI=1S/C16H14N2O2/c1-10-6-7-12(17)9-13(10)18-16(19)15-8-11-4-2-3-5-14(11)20-15/h2-9H,17H2,1H3,(H,18,19). The highest BCUT2D eigenvalue weighted by Gasteiger charge is 2.13. The molecule has 1 amide bonds. The van der Waals surface area contributed by atoms with Gasteiger partial charge in [-0.3, -0.25) is 4.79 Å². The van der Waals surface area contributed by atoms with Crippen LogP contribution in [0.1, 0.15) is 16.1 Å². The minimum Gasteiger partial charge on any atom is -0.451 e. The molecule has 3 N–H and O–H groups in total. The van der Waals surface area contributed by atoms with Gasteiger partial charge in [0.05, 0.1) is 0 Å². The number of anilines is 2. The van der Waals surface area contributed by atoms with Gasteiger partial charge in [0.25, 0.3) is 5.91 Å². The van der Waals surface area contributed by atoms with Gasteiger partial charge in [0, 0.05) is 16.8 Å². The monoisotopic (exact) mass is 266 g/mol. The predicted molar refractivity (Wildman–Crippen MR) is 79.8 cm³/mol. The van der Waals surface area contributed by atoms with Crippen molar-refractivity contribution in [2.75, 3.05) is 11.1 Å². The summed E-state index contributed by atoms with van der Waals surface area (Å²) in [4.78, 5) is 12.2. The first kappa shape index (κ1) is 12.3. The fraction of sp³-hybridized carbons (Fsp3) is 0.0625. The second-order valence-corrected chi connectivity index (χ2v) is 4.68. The minimum atomic E-state index is -0.282. The SMILES string of the molecule is Cc1ccc(N)cc1NC(=O)c1cc2ccccc2o1. The summed E-state index contributed by atoms with van der Waals surface area (Å²) in [5, 5.41) is 3.72. The van der Waals surface area contributed by atoms with E-state index in [-0.39, 0.29) is 11.7 Å². The van der Waals surface area contributed by atoms with Crippen LogP contribution in [-0.2, 0) is 0 Å². The Morgan fingerprint density at radius 1 is 1.15 bits per heavy atom. The molecule has 0 radical (unpaired) electrons. The molecular formula is C16H14N2O2. The molecule has 2 aromatic carbocycles. The predicted octanol–water partition coefficient (Wildman–Crippen LogP) is 3.58. The van der Waals surface area contributed by atoms with Crippen LogP contribution in [0.25, 0.3) is 11.0 Å². The quantitative estimate of drug-likeness (QED) is 0.697. The van der Waals surface area contributed by atoms with Gasteiger partial charge < -0.3 is 15.5 Å². The molecule has 0 aliphatic heterocycles. The molecule has 1 heterocycles. The number of amides is 1. The van der Waals surface area contributed by atoms with Crippen molar-refractivity contribution in [1.29, 1.82) is 0 Å². The summed E-state index contributed by atoms with van der Waals surface area (Å²) in [6.45, 7) is 1.91. The maximum Gasteiger partial charge on any atom is 0.291 e. The van der Waals surface area contributed by atoms with Crippen molar-refractivity contribution < 1.29 is 9.21 Å². The highest BCUT2D eigenvalue weighted by Crippen LogP contribution is 2.22. The van der Waals surface area contributed by atoms with Gasteiger partial charge >= 0.3 is 0 Å². The molecule has 0 aliphatic rings. The topological polar surface area (TPSA) is 68.3 Å². The second-order valence-electron chi connectivity index (χ2n) is 4.68. The average Bonchev–Trinajstić information content (AvgIpc) is 2.87. The zero-order valence-electron chi connectivity index (χ0n) is 11.0. The zero-order valence-corrected chi connectivity index (χ0v) is 11.0. The summed E-state index contributed by atoms with van der Waals surface area (Å²) >= 11 is 0. The number of benzene rings is 2. The van der Waals surface area contributed by atoms with E-state index >= 15 is 0 Å². The number of nitrogens with two attached hydrogens (primary N) is 1. The lowest BCUT2D eigenvalue weighted by Crippen LogP contribution is -2.12. The Kier molecular flexibility index (Phi) is 2.91. The van der Waals surface area contributed by atoms with Crippen LogP contribution in [-0.4, -0.2) is 5.91 Å². The maximum absolute atomic E-state index is 12.2. The Hall–Kier alpha value is -2.75. The number of furan rings is 1. The van der Waals surface area contributed by atoms with Crippen molar-refractivity contribution >= 4 is 28.3 Å². The van der Waals surface area contributed by atoms with Gasteiger partial charge in [0.1, 0.15) is 5.58 Å². The third-order valence-electron chi connectivity index (χ3n) is 3.16. The van der Waals surface area contributed by atoms with E-state index in [2.05, 4.69) is 5.32 Å². The van der Waals surface area contributed by atoms with Crippen LogP contribution >= 0.6 is 0 Å². The van der Waals surface area contributed by atoms with Gasteiger partial charge in [-0.15, -0.1) is 0 Å². The normalized spacial score (nSPS) is 10.7. The molecule has 4 nitrogen and oxygen atoms in total. The first-order valence-corrected chi connectivity index (χ1v) is 6.29. The summed E-state index contributed by atoms with van der Waals surface area (Å²) in [5.41, 5.74) is 8.67. The molecule has 20 heavy (non-hydrogen) atoms. The minimum absolute atomic E-state index is 0.282. The fourth-order valence-corrected chi connectivity index (χ4v) is 2.05. The maximum atomic E-state index is 12.2. The van der Waals surface area contributed by atoms with Crippen LogP contribution in [0.15, 0.2) is 52.9 Å². The van der Waals surface area contributed by atoms with Crippen LogP contribution in [0.4, 0.5) is 11.4 Å². The Labute approximate surface area is 116 Å². The Morgan fingerprint density at radius 2 is 1.95 bits per heavy atom. The van der Waals surface area contributed by atoms with Crippen molar-refractivity contribution in [3.63, 3.8) is 0 Å². The summed E-state index contributed by atoms with van der Waals surface area (Å²) in [7, 11) is 0. The van der Waals surface area contributed by atoms with Gasteiger partial charge in [0.2, 0.25) is 0 Å². The molecule has 4 heteroatoms. The van der Waals surface area contributed by atoms with Gasteiger partial charge in [-0.25, -0.2) is 0 Å². The number of rotatable bonds is 2. The van der Waals surface area contributed by atoms with E-state index in [1.165, 1.54) is 0 Å². The molecular weight excluding hydrogens is 252 g/mol. The summed E-state index contributed by atoms with van der Waals surface area (Å²) in [6, 6.07) is 14.6. The lowest BCUT2D eigenvalue weighted by molar-refractivity contribution is 0.0998. The molecule has 0 spiro atoms. The number of hydrogen-bond donors (Lipinski definition) is 2. The highest BCUT2D eigenvalue weighted by atomic mass is 16.3. The van der Waals surface area contributed by atoms with Gasteiger partial charge in [-0.2, -0.15) is 0 Å². The van der Waals surface area contributed by atoms with E-state index in [1.54, 1.807) is 18.2 Å². The molecule has 3 rings (SSSR count). The first-order chi connectivity index (χ1) is 9.63. The van der Waals surface area contributed by atoms with Crippen molar-refractivity contribution in [2.24, 2.45) is 0 Å². The third-order valence-corrected chi connectivity index (χ3v) is 3.16. The smallest absolute Gasteiger partial charge is 0.291 e. The lowest BCUT2D eigenvalue weighted by Gasteiger charge is -2.07. The molecule has 1 aromatic heterocycles. The number of nitrogens with one attached hydrogen (secondary N) is 1. The van der Waals surface area contributed by atoms with Crippen molar-refractivity contribution in [1.82, 2.24) is 0 Å². The van der Waals surface area contributed by atoms with E-state index < -0.39 is 0 Å². The molecule has 100 valence electrons. The van der Waals surface area contributed by atoms with Crippen molar-refractivity contribution in [2.45, 2.75) is 6.92 Å². The fourth-order valence-electron chi connectivity index (χ4n) is 2.05. The van der Waals surface area contributed by atoms with Crippen LogP contribution in [0, 0.1) is 6.92 Å². The molecule has 0 saturated carbocycles. The molecule has 3 aromatic rings. The van der Waals surface area contributed by atoms with Crippen molar-refractivity contribution in [3.05, 3.63) is 59.9 Å². The molecule has 0 atom stereocenters. The van der Waals surface area contributed by atoms with E-state index in [1.807, 2.05) is 37.3 Å². The van der Waals surface area contributed by atoms with Crippen LogP contribution in [0.2, 0.25) is 0 Å². The molecule has 0 fully saturated rings. The molecule has 0 aliphatic carbocycles. The number of fused-ring (bicyclic) bond motifs is 1. The van der Waals surface area contributed by atoms with Crippen LogP contribution in [0.3, 0.4) is 0 Å². The number of aryl methyl sites for hydroxylation is 1. The largest absolute Gasteiger partial charge is 0.451 e. The molecule has 0 saturated heterocycles. The summed E-state index contributed by atoms with van der Waals surface area (Å²) in [6.07, 6.45) is 0. The zero-order chi connectivity index (χ0) is 14.1. The second kappa shape index (κ2) is 4.74. The average molecular weight is 266 g/mol. The van der Waals surface area contributed by atoms with E-state index in [0.717, 1.165) is 10.9 Å². The summed E-state index contributed by atoms with van der Waals surface area (Å²) in [5.74, 6) is 0.00271. The summed E-state index contributed by atoms with van der Waals surface area (Å²) < 4.78 is 5.53. The van der Waals surface area contributed by atoms with E-state index in [4.69, 9.17) is 10.2 Å². The number of carbonyl (C=O) groups excluding carboxylic acids is 1. The van der Waals surface area contributed by atoms with Gasteiger partial charge in [0.15, 0.2) is 5.76 Å².